The molecule has 0 aliphatic carbocycles. The first-order valence-corrected chi connectivity index (χ1v) is 8.62. The van der Waals surface area contributed by atoms with Gasteiger partial charge in [-0.2, -0.15) is 0 Å². The van der Waals surface area contributed by atoms with E-state index in [4.69, 9.17) is 10.7 Å². The van der Waals surface area contributed by atoms with Gasteiger partial charge in [-0.05, 0) is 55.3 Å². The minimum atomic E-state index is -3.92. The zero-order chi connectivity index (χ0) is 16.5. The summed E-state index contributed by atoms with van der Waals surface area (Å²) in [7, 11) is 1.37. The fourth-order valence-corrected chi connectivity index (χ4v) is 2.70. The Hall–Kier alpha value is -1.92. The molecule has 0 aliphatic heterocycles. The maximum absolute atomic E-state index is 13.2. The van der Waals surface area contributed by atoms with Gasteiger partial charge in [-0.1, -0.05) is 6.07 Å². The third-order valence-electron chi connectivity index (χ3n) is 3.15. The van der Waals surface area contributed by atoms with Gasteiger partial charge < -0.3 is 5.32 Å². The van der Waals surface area contributed by atoms with Crippen LogP contribution in [-0.2, 0) is 9.05 Å². The Labute approximate surface area is 132 Å². The molecule has 22 heavy (non-hydrogen) atoms. The highest BCUT2D eigenvalue weighted by molar-refractivity contribution is 8.13. The maximum Gasteiger partial charge on any atom is 0.261 e. The molecule has 0 atom stereocenters. The molecule has 0 radical (unpaired) electrons. The summed E-state index contributed by atoms with van der Waals surface area (Å²) >= 11 is 0. The van der Waals surface area contributed by atoms with Crippen molar-refractivity contribution >= 4 is 31.3 Å². The summed E-state index contributed by atoms with van der Waals surface area (Å²) in [4.78, 5) is 12.1. The van der Waals surface area contributed by atoms with Gasteiger partial charge in [0, 0.05) is 21.9 Å². The molecule has 0 heterocycles. The van der Waals surface area contributed by atoms with Crippen molar-refractivity contribution < 1.29 is 17.6 Å². The molecule has 0 aromatic heterocycles. The van der Waals surface area contributed by atoms with Crippen molar-refractivity contribution in [1.82, 2.24) is 0 Å². The average Bonchev–Trinajstić information content (AvgIpc) is 2.42. The van der Waals surface area contributed by atoms with Crippen LogP contribution in [0.1, 0.15) is 21.5 Å². The van der Waals surface area contributed by atoms with Gasteiger partial charge in [-0.15, -0.1) is 0 Å². The summed E-state index contributed by atoms with van der Waals surface area (Å²) in [6.45, 7) is 3.26. The molecule has 0 aliphatic rings. The Morgan fingerprint density at radius 1 is 1.09 bits per heavy atom. The first kappa shape index (κ1) is 16.5. The number of benzene rings is 2. The second-order valence-corrected chi connectivity index (χ2v) is 7.40. The largest absolute Gasteiger partial charge is 0.322 e. The van der Waals surface area contributed by atoms with E-state index in [0.29, 0.717) is 16.8 Å². The van der Waals surface area contributed by atoms with E-state index < -0.39 is 15.0 Å². The van der Waals surface area contributed by atoms with E-state index in [1.807, 2.05) is 0 Å². The van der Waals surface area contributed by atoms with Crippen molar-refractivity contribution in [2.75, 3.05) is 5.32 Å². The second-order valence-electron chi connectivity index (χ2n) is 4.83. The lowest BCUT2D eigenvalue weighted by atomic mass is 10.1. The number of carbonyl (C=O) groups is 1. The van der Waals surface area contributed by atoms with Crippen molar-refractivity contribution in [1.29, 1.82) is 0 Å². The summed E-state index contributed by atoms with van der Waals surface area (Å²) in [5, 5.41) is 2.60. The molecule has 7 heteroatoms. The summed E-state index contributed by atoms with van der Waals surface area (Å²) in [5.41, 5.74) is 1.60. The van der Waals surface area contributed by atoms with Crippen molar-refractivity contribution in [2.45, 2.75) is 18.7 Å². The molecule has 1 N–H and O–H groups in total. The number of hydrogen-bond donors (Lipinski definition) is 1. The van der Waals surface area contributed by atoms with Gasteiger partial charge in [-0.3, -0.25) is 4.79 Å². The molecule has 0 saturated carbocycles. The summed E-state index contributed by atoms with van der Waals surface area (Å²) in [6.07, 6.45) is 0. The number of amides is 1. The van der Waals surface area contributed by atoms with E-state index in [1.54, 1.807) is 13.8 Å². The number of carbonyl (C=O) groups excluding carboxylic acids is 1. The van der Waals surface area contributed by atoms with Crippen molar-refractivity contribution in [3.8, 4) is 0 Å². The Morgan fingerprint density at radius 2 is 1.77 bits per heavy atom. The SMILES string of the molecule is Cc1cc(NC(=O)c2cc(S(=O)(=O)Cl)ccc2C)ccc1F. The summed E-state index contributed by atoms with van der Waals surface area (Å²) in [6, 6.07) is 8.21. The normalized spacial score (nSPS) is 11.3. The maximum atomic E-state index is 13.2. The minimum absolute atomic E-state index is 0.153. The van der Waals surface area contributed by atoms with Crippen LogP contribution in [0.3, 0.4) is 0 Å². The molecule has 116 valence electrons. The minimum Gasteiger partial charge on any atom is -0.322 e. The molecule has 2 aromatic rings. The lowest BCUT2D eigenvalue weighted by Crippen LogP contribution is -2.14. The lowest BCUT2D eigenvalue weighted by Gasteiger charge is -2.09. The van der Waals surface area contributed by atoms with E-state index >= 15 is 0 Å². The molecule has 0 saturated heterocycles. The van der Waals surface area contributed by atoms with E-state index in [0.717, 1.165) is 0 Å². The van der Waals surface area contributed by atoms with Crippen LogP contribution in [0.5, 0.6) is 0 Å². The predicted octanol–water partition coefficient (Wildman–Crippen LogP) is 3.62. The van der Waals surface area contributed by atoms with E-state index in [-0.39, 0.29) is 16.3 Å². The van der Waals surface area contributed by atoms with Crippen LogP contribution in [0.25, 0.3) is 0 Å². The highest BCUT2D eigenvalue weighted by Crippen LogP contribution is 2.21. The number of rotatable bonds is 3. The Bertz CT molecular complexity index is 850. The highest BCUT2D eigenvalue weighted by atomic mass is 35.7. The van der Waals surface area contributed by atoms with Gasteiger partial charge in [0.2, 0.25) is 0 Å². The number of aryl methyl sites for hydroxylation is 2. The molecule has 0 fully saturated rings. The summed E-state index contributed by atoms with van der Waals surface area (Å²) in [5.74, 6) is -0.866. The fraction of sp³-hybridized carbons (Fsp3) is 0.133. The fourth-order valence-electron chi connectivity index (χ4n) is 1.92. The van der Waals surface area contributed by atoms with Crippen molar-refractivity contribution in [2.24, 2.45) is 0 Å². The molecular weight excluding hydrogens is 329 g/mol. The Kier molecular flexibility index (Phi) is 4.53. The smallest absolute Gasteiger partial charge is 0.261 e. The van der Waals surface area contributed by atoms with Gasteiger partial charge in [-0.25, -0.2) is 12.8 Å². The zero-order valence-electron chi connectivity index (χ0n) is 11.9. The van der Waals surface area contributed by atoms with Crippen LogP contribution < -0.4 is 5.32 Å². The number of anilines is 1. The quantitative estimate of drug-likeness (QED) is 0.867. The van der Waals surface area contributed by atoms with Gasteiger partial charge >= 0.3 is 0 Å². The second kappa shape index (κ2) is 6.06. The lowest BCUT2D eigenvalue weighted by molar-refractivity contribution is 0.102. The summed E-state index contributed by atoms with van der Waals surface area (Å²) < 4.78 is 35.9. The monoisotopic (exact) mass is 341 g/mol. The standard InChI is InChI=1S/C15H13ClFNO3S/c1-9-3-5-12(22(16,20)21)8-13(9)15(19)18-11-4-6-14(17)10(2)7-11/h3-8H,1-2H3,(H,18,19). The third-order valence-corrected chi connectivity index (χ3v) is 4.50. The third kappa shape index (κ3) is 3.64. The number of hydrogen-bond acceptors (Lipinski definition) is 3. The average molecular weight is 342 g/mol. The molecule has 2 rings (SSSR count). The molecule has 0 unspecified atom stereocenters. The van der Waals surface area contributed by atoms with Crippen LogP contribution in [-0.4, -0.2) is 14.3 Å². The van der Waals surface area contributed by atoms with Gasteiger partial charge in [0.1, 0.15) is 5.82 Å². The first-order valence-electron chi connectivity index (χ1n) is 6.31. The van der Waals surface area contributed by atoms with E-state index in [9.17, 15) is 17.6 Å². The number of halogens is 2. The topological polar surface area (TPSA) is 63.2 Å². The predicted molar refractivity (Wildman–Crippen MR) is 83.3 cm³/mol. The molecule has 0 bridgehead atoms. The molecule has 4 nitrogen and oxygen atoms in total. The molecular formula is C15H13ClFNO3S. The van der Waals surface area contributed by atoms with Crippen LogP contribution in [0.4, 0.5) is 10.1 Å². The van der Waals surface area contributed by atoms with E-state index in [1.165, 1.54) is 36.4 Å². The van der Waals surface area contributed by atoms with Crippen molar-refractivity contribution in [3.05, 3.63) is 58.9 Å². The molecule has 2 aromatic carbocycles. The van der Waals surface area contributed by atoms with Gasteiger partial charge in [0.25, 0.3) is 15.0 Å². The van der Waals surface area contributed by atoms with E-state index in [2.05, 4.69) is 5.32 Å². The van der Waals surface area contributed by atoms with Crippen LogP contribution in [0, 0.1) is 19.7 Å². The van der Waals surface area contributed by atoms with Crippen LogP contribution in [0.15, 0.2) is 41.3 Å². The van der Waals surface area contributed by atoms with Crippen LogP contribution in [0.2, 0.25) is 0 Å². The Morgan fingerprint density at radius 3 is 2.36 bits per heavy atom. The highest BCUT2D eigenvalue weighted by Gasteiger charge is 2.16. The molecule has 0 spiro atoms. The first-order chi connectivity index (χ1) is 10.2. The van der Waals surface area contributed by atoms with Gasteiger partial charge in [0.15, 0.2) is 0 Å². The van der Waals surface area contributed by atoms with Gasteiger partial charge in [0.05, 0.1) is 4.90 Å². The van der Waals surface area contributed by atoms with Crippen LogP contribution >= 0.6 is 10.7 Å². The Balaban J connectivity index is 2.35. The zero-order valence-corrected chi connectivity index (χ0v) is 13.4. The van der Waals surface area contributed by atoms with Crippen molar-refractivity contribution in [3.63, 3.8) is 0 Å². The number of nitrogens with one attached hydrogen (secondary N) is 1. The molecule has 1 amide bonds.